The molecule has 0 atom stereocenters. The lowest BCUT2D eigenvalue weighted by atomic mass is 9.94. The first kappa shape index (κ1) is 13.1. The van der Waals surface area contributed by atoms with Crippen molar-refractivity contribution in [2.45, 2.75) is 19.4 Å². The summed E-state index contributed by atoms with van der Waals surface area (Å²) in [5.74, 6) is 0.0622. The van der Waals surface area contributed by atoms with E-state index >= 15 is 0 Å². The minimum absolute atomic E-state index is 0.0369. The van der Waals surface area contributed by atoms with Gasteiger partial charge in [0.2, 0.25) is 0 Å². The zero-order valence-corrected chi connectivity index (χ0v) is 10.5. The number of rotatable bonds is 3. The first-order chi connectivity index (χ1) is 7.32. The van der Waals surface area contributed by atoms with Crippen LogP contribution in [0, 0.1) is 5.82 Å². The van der Waals surface area contributed by atoms with Gasteiger partial charge >= 0.3 is 0 Å². The third-order valence-corrected chi connectivity index (χ3v) is 2.58. The van der Waals surface area contributed by atoms with Gasteiger partial charge in [0.15, 0.2) is 11.5 Å². The van der Waals surface area contributed by atoms with E-state index in [0.717, 1.165) is 0 Å². The molecule has 3 nitrogen and oxygen atoms in total. The number of hydrogen-bond donors (Lipinski definition) is 1. The van der Waals surface area contributed by atoms with Crippen LogP contribution in [0.3, 0.4) is 0 Å². The Morgan fingerprint density at radius 2 is 1.88 bits per heavy atom. The molecular formula is C11H15ClFNO2. The summed E-state index contributed by atoms with van der Waals surface area (Å²) in [6.07, 6.45) is 0. The third kappa shape index (κ3) is 2.23. The second kappa shape index (κ2) is 4.47. The average Bonchev–Trinajstić information content (AvgIpc) is 2.19. The number of hydrogen-bond acceptors (Lipinski definition) is 3. The van der Waals surface area contributed by atoms with Gasteiger partial charge in [-0.3, -0.25) is 0 Å². The van der Waals surface area contributed by atoms with Gasteiger partial charge in [-0.15, -0.1) is 0 Å². The van der Waals surface area contributed by atoms with Crippen LogP contribution in [0.5, 0.6) is 11.5 Å². The summed E-state index contributed by atoms with van der Waals surface area (Å²) in [5.41, 5.74) is 5.51. The Morgan fingerprint density at radius 1 is 1.31 bits per heavy atom. The summed E-state index contributed by atoms with van der Waals surface area (Å²) in [6.45, 7) is 3.44. The predicted octanol–water partition coefficient (Wildman–Crippen LogP) is 2.69. The predicted molar refractivity (Wildman–Crippen MR) is 61.7 cm³/mol. The van der Waals surface area contributed by atoms with Crippen molar-refractivity contribution >= 4 is 11.6 Å². The molecule has 1 aromatic rings. The topological polar surface area (TPSA) is 44.5 Å². The molecule has 1 aromatic carbocycles. The molecule has 2 N–H and O–H groups in total. The first-order valence-electron chi connectivity index (χ1n) is 4.72. The van der Waals surface area contributed by atoms with Gasteiger partial charge < -0.3 is 15.2 Å². The van der Waals surface area contributed by atoms with E-state index in [-0.39, 0.29) is 10.8 Å². The van der Waals surface area contributed by atoms with Crippen molar-refractivity contribution in [3.8, 4) is 11.5 Å². The second-order valence-electron chi connectivity index (χ2n) is 4.00. The van der Waals surface area contributed by atoms with Crippen LogP contribution in [0.4, 0.5) is 4.39 Å². The smallest absolute Gasteiger partial charge is 0.167 e. The SMILES string of the molecule is COc1cc(F)c(Cl)c(C(C)(C)N)c1OC. The van der Waals surface area contributed by atoms with Crippen LogP contribution in [0.25, 0.3) is 0 Å². The highest BCUT2D eigenvalue weighted by atomic mass is 35.5. The lowest BCUT2D eigenvalue weighted by Gasteiger charge is -2.25. The van der Waals surface area contributed by atoms with E-state index in [4.69, 9.17) is 26.8 Å². The molecule has 0 aliphatic carbocycles. The summed E-state index contributed by atoms with van der Waals surface area (Å²) in [6, 6.07) is 1.18. The Kier molecular flexibility index (Phi) is 3.65. The first-order valence-corrected chi connectivity index (χ1v) is 5.10. The average molecular weight is 248 g/mol. The van der Waals surface area contributed by atoms with Crippen molar-refractivity contribution in [2.75, 3.05) is 14.2 Å². The van der Waals surface area contributed by atoms with Gasteiger partial charge in [-0.1, -0.05) is 11.6 Å². The van der Waals surface area contributed by atoms with Gasteiger partial charge in [0, 0.05) is 17.2 Å². The van der Waals surface area contributed by atoms with Crippen LogP contribution in [-0.2, 0) is 5.54 Å². The van der Waals surface area contributed by atoms with Crippen molar-refractivity contribution in [3.63, 3.8) is 0 Å². The molecule has 5 heteroatoms. The molecular weight excluding hydrogens is 233 g/mol. The number of ether oxygens (including phenoxy) is 2. The van der Waals surface area contributed by atoms with Crippen LogP contribution in [0.15, 0.2) is 6.07 Å². The zero-order chi connectivity index (χ0) is 12.5. The molecule has 0 bridgehead atoms. The molecule has 0 amide bonds. The number of benzene rings is 1. The van der Waals surface area contributed by atoms with E-state index in [2.05, 4.69) is 0 Å². The Morgan fingerprint density at radius 3 is 2.25 bits per heavy atom. The fourth-order valence-electron chi connectivity index (χ4n) is 1.52. The van der Waals surface area contributed by atoms with Crippen LogP contribution in [0.2, 0.25) is 5.02 Å². The Balaban J connectivity index is 3.60. The minimum Gasteiger partial charge on any atom is -0.493 e. The minimum atomic E-state index is -0.822. The van der Waals surface area contributed by atoms with Crippen molar-refractivity contribution in [2.24, 2.45) is 5.73 Å². The summed E-state index contributed by atoms with van der Waals surface area (Å²) < 4.78 is 23.8. The van der Waals surface area contributed by atoms with Gasteiger partial charge in [-0.2, -0.15) is 0 Å². The highest BCUT2D eigenvalue weighted by Crippen LogP contribution is 2.42. The molecule has 0 aromatic heterocycles. The molecule has 0 spiro atoms. The summed E-state index contributed by atoms with van der Waals surface area (Å²) in [5, 5.41) is -0.0369. The molecule has 1 rings (SSSR count). The molecule has 0 heterocycles. The molecule has 0 unspecified atom stereocenters. The summed E-state index contributed by atoms with van der Waals surface area (Å²) in [4.78, 5) is 0. The van der Waals surface area contributed by atoms with Crippen LogP contribution in [-0.4, -0.2) is 14.2 Å². The maximum atomic E-state index is 13.6. The fourth-order valence-corrected chi connectivity index (χ4v) is 1.90. The molecule has 0 aliphatic heterocycles. The Labute approximate surface area is 99.3 Å². The van der Waals surface area contributed by atoms with E-state index in [0.29, 0.717) is 11.3 Å². The molecule has 0 fully saturated rings. The van der Waals surface area contributed by atoms with Gasteiger partial charge in [0.1, 0.15) is 5.82 Å². The largest absolute Gasteiger partial charge is 0.493 e. The van der Waals surface area contributed by atoms with Crippen molar-refractivity contribution < 1.29 is 13.9 Å². The number of halogens is 2. The highest BCUT2D eigenvalue weighted by Gasteiger charge is 2.28. The maximum Gasteiger partial charge on any atom is 0.167 e. The molecule has 0 saturated heterocycles. The Bertz CT molecular complexity index is 402. The zero-order valence-electron chi connectivity index (χ0n) is 9.73. The maximum absolute atomic E-state index is 13.6. The highest BCUT2D eigenvalue weighted by molar-refractivity contribution is 6.32. The lowest BCUT2D eigenvalue weighted by Crippen LogP contribution is -2.30. The van der Waals surface area contributed by atoms with Crippen LogP contribution < -0.4 is 15.2 Å². The van der Waals surface area contributed by atoms with Crippen molar-refractivity contribution in [1.82, 2.24) is 0 Å². The van der Waals surface area contributed by atoms with Gasteiger partial charge in [0.25, 0.3) is 0 Å². The quantitative estimate of drug-likeness (QED) is 0.893. The van der Waals surface area contributed by atoms with Gasteiger partial charge in [-0.05, 0) is 13.8 Å². The molecule has 0 radical (unpaired) electrons. The number of nitrogens with two attached hydrogens (primary N) is 1. The fraction of sp³-hybridized carbons (Fsp3) is 0.455. The van der Waals surface area contributed by atoms with Crippen LogP contribution in [0.1, 0.15) is 19.4 Å². The van der Waals surface area contributed by atoms with E-state index in [9.17, 15) is 4.39 Å². The molecule has 0 aliphatic rings. The summed E-state index contributed by atoms with van der Waals surface area (Å²) in [7, 11) is 2.89. The Hall–Kier alpha value is -1.00. The van der Waals surface area contributed by atoms with E-state index < -0.39 is 11.4 Å². The van der Waals surface area contributed by atoms with Crippen molar-refractivity contribution in [3.05, 3.63) is 22.5 Å². The van der Waals surface area contributed by atoms with E-state index in [1.54, 1.807) is 13.8 Å². The van der Waals surface area contributed by atoms with E-state index in [1.807, 2.05) is 0 Å². The normalized spacial score (nSPS) is 11.4. The lowest BCUT2D eigenvalue weighted by molar-refractivity contribution is 0.340. The standard InChI is InChI=1S/C11H15ClFNO2/c1-11(2,14)8-9(12)6(13)5-7(15-3)10(8)16-4/h5H,14H2,1-4H3. The summed E-state index contributed by atoms with van der Waals surface area (Å²) >= 11 is 5.90. The monoisotopic (exact) mass is 247 g/mol. The van der Waals surface area contributed by atoms with Crippen molar-refractivity contribution in [1.29, 1.82) is 0 Å². The molecule has 16 heavy (non-hydrogen) atoms. The van der Waals surface area contributed by atoms with E-state index in [1.165, 1.54) is 20.3 Å². The third-order valence-electron chi connectivity index (χ3n) is 2.21. The number of methoxy groups -OCH3 is 2. The van der Waals surface area contributed by atoms with Crippen LogP contribution >= 0.6 is 11.6 Å². The molecule has 90 valence electrons. The molecule has 0 saturated carbocycles. The van der Waals surface area contributed by atoms with Gasteiger partial charge in [-0.25, -0.2) is 4.39 Å². The van der Waals surface area contributed by atoms with Gasteiger partial charge in [0.05, 0.1) is 19.2 Å². The second-order valence-corrected chi connectivity index (χ2v) is 4.38.